The quantitative estimate of drug-likeness (QED) is 0.521. The van der Waals surface area contributed by atoms with Gasteiger partial charge >= 0.3 is 6.36 Å². The number of hydrogen-bond acceptors (Lipinski definition) is 4. The van der Waals surface area contributed by atoms with E-state index in [4.69, 9.17) is 4.74 Å². The van der Waals surface area contributed by atoms with E-state index in [-0.39, 0.29) is 22.4 Å². The van der Waals surface area contributed by atoms with Gasteiger partial charge in [0.15, 0.2) is 5.78 Å². The van der Waals surface area contributed by atoms with E-state index in [9.17, 15) is 22.8 Å². The van der Waals surface area contributed by atoms with Gasteiger partial charge in [-0.3, -0.25) is 9.59 Å². The van der Waals surface area contributed by atoms with Gasteiger partial charge < -0.3 is 14.5 Å². The van der Waals surface area contributed by atoms with Crippen molar-refractivity contribution in [3.63, 3.8) is 0 Å². The van der Waals surface area contributed by atoms with Gasteiger partial charge in [0.05, 0.1) is 12.7 Å². The lowest BCUT2D eigenvalue weighted by Crippen LogP contribution is -2.17. The molecule has 0 spiro atoms. The third-order valence-electron chi connectivity index (χ3n) is 3.87. The third-order valence-corrected chi connectivity index (χ3v) is 3.87. The summed E-state index contributed by atoms with van der Waals surface area (Å²) in [6.45, 7) is 0. The summed E-state index contributed by atoms with van der Waals surface area (Å²) in [5.41, 5.74) is 0.593. The first-order valence-corrected chi connectivity index (χ1v) is 8.05. The predicted octanol–water partition coefficient (Wildman–Crippen LogP) is 4.33. The number of rotatable bonds is 5. The number of pyridine rings is 1. The number of carbonyl (C=O) groups excluding carboxylic acids is 1. The smallest absolute Gasteiger partial charge is 0.496 e. The Hall–Kier alpha value is -3.55. The number of aromatic amines is 1. The molecule has 8 heteroatoms. The van der Waals surface area contributed by atoms with E-state index in [0.717, 1.165) is 29.7 Å². The minimum Gasteiger partial charge on any atom is -0.496 e. The van der Waals surface area contributed by atoms with Gasteiger partial charge in [-0.2, -0.15) is 0 Å². The van der Waals surface area contributed by atoms with Crippen molar-refractivity contribution in [2.24, 2.45) is 0 Å². The zero-order valence-corrected chi connectivity index (χ0v) is 14.5. The maximum Gasteiger partial charge on any atom is 0.573 e. The third kappa shape index (κ3) is 4.40. The maximum absolute atomic E-state index is 12.4. The van der Waals surface area contributed by atoms with Crippen LogP contribution in [0.1, 0.15) is 15.9 Å². The molecule has 0 saturated heterocycles. The molecular weight excluding hydrogens is 375 g/mol. The van der Waals surface area contributed by atoms with Crippen LogP contribution in [0, 0.1) is 0 Å². The van der Waals surface area contributed by atoms with E-state index in [1.165, 1.54) is 13.2 Å². The SMILES string of the molecule is COc1cc(OC(F)(F)F)ccc1C(=O)/C=C/c1cc2ccccc2[nH]c1=O. The van der Waals surface area contributed by atoms with Crippen LogP contribution in [0.5, 0.6) is 11.5 Å². The Morgan fingerprint density at radius 2 is 1.86 bits per heavy atom. The number of carbonyl (C=O) groups is 1. The van der Waals surface area contributed by atoms with Crippen molar-refractivity contribution < 1.29 is 27.4 Å². The van der Waals surface area contributed by atoms with Crippen molar-refractivity contribution >= 4 is 22.8 Å². The Balaban J connectivity index is 1.88. The molecule has 0 aliphatic heterocycles. The molecule has 0 aliphatic carbocycles. The zero-order chi connectivity index (χ0) is 20.3. The largest absolute Gasteiger partial charge is 0.573 e. The van der Waals surface area contributed by atoms with Gasteiger partial charge in [0.2, 0.25) is 0 Å². The van der Waals surface area contributed by atoms with Crippen LogP contribution in [0.2, 0.25) is 0 Å². The number of allylic oxidation sites excluding steroid dienone is 1. The maximum atomic E-state index is 12.4. The van der Waals surface area contributed by atoms with Crippen LogP contribution in [0.15, 0.2) is 59.4 Å². The van der Waals surface area contributed by atoms with Crippen molar-refractivity contribution in [2.45, 2.75) is 6.36 Å². The van der Waals surface area contributed by atoms with Crippen LogP contribution >= 0.6 is 0 Å². The molecule has 0 bridgehead atoms. The summed E-state index contributed by atoms with van der Waals surface area (Å²) in [6.07, 6.45) is -2.36. The highest BCUT2D eigenvalue weighted by Gasteiger charge is 2.31. The first-order chi connectivity index (χ1) is 13.3. The molecule has 0 radical (unpaired) electrons. The minimum absolute atomic E-state index is 0.0329. The Morgan fingerprint density at radius 3 is 2.57 bits per heavy atom. The Bertz CT molecular complexity index is 1120. The van der Waals surface area contributed by atoms with E-state index >= 15 is 0 Å². The number of hydrogen-bond donors (Lipinski definition) is 1. The highest BCUT2D eigenvalue weighted by atomic mass is 19.4. The number of benzene rings is 2. The van der Waals surface area contributed by atoms with E-state index in [0.29, 0.717) is 5.52 Å². The lowest BCUT2D eigenvalue weighted by molar-refractivity contribution is -0.274. The Morgan fingerprint density at radius 1 is 1.11 bits per heavy atom. The summed E-state index contributed by atoms with van der Waals surface area (Å²) in [6, 6.07) is 12.0. The fourth-order valence-electron chi connectivity index (χ4n) is 2.62. The van der Waals surface area contributed by atoms with Gasteiger partial charge in [-0.1, -0.05) is 18.2 Å². The molecule has 1 N–H and O–H groups in total. The van der Waals surface area contributed by atoms with Crippen LogP contribution in [-0.2, 0) is 0 Å². The molecule has 0 unspecified atom stereocenters. The second-order valence-electron chi connectivity index (χ2n) is 5.75. The second-order valence-corrected chi connectivity index (χ2v) is 5.75. The normalized spacial score (nSPS) is 11.7. The number of methoxy groups -OCH3 is 1. The van der Waals surface area contributed by atoms with Crippen molar-refractivity contribution in [2.75, 3.05) is 7.11 Å². The lowest BCUT2D eigenvalue weighted by atomic mass is 10.1. The number of alkyl halides is 3. The van der Waals surface area contributed by atoms with E-state index in [1.54, 1.807) is 18.2 Å². The molecule has 0 saturated carbocycles. The average Bonchev–Trinajstić information content (AvgIpc) is 2.64. The van der Waals surface area contributed by atoms with Crippen molar-refractivity contribution in [3.05, 3.63) is 76.1 Å². The molecule has 3 rings (SSSR count). The summed E-state index contributed by atoms with van der Waals surface area (Å²) in [4.78, 5) is 27.3. The number of ether oxygens (including phenoxy) is 2. The zero-order valence-electron chi connectivity index (χ0n) is 14.5. The minimum atomic E-state index is -4.85. The number of halogens is 3. The first-order valence-electron chi connectivity index (χ1n) is 8.05. The fourth-order valence-corrected chi connectivity index (χ4v) is 2.62. The lowest BCUT2D eigenvalue weighted by Gasteiger charge is -2.11. The van der Waals surface area contributed by atoms with Crippen LogP contribution in [-0.4, -0.2) is 24.2 Å². The molecule has 0 aliphatic rings. The van der Waals surface area contributed by atoms with E-state index in [2.05, 4.69) is 9.72 Å². The monoisotopic (exact) mass is 389 g/mol. The van der Waals surface area contributed by atoms with Gasteiger partial charge in [-0.25, -0.2) is 0 Å². The number of ketones is 1. The molecule has 28 heavy (non-hydrogen) atoms. The summed E-state index contributed by atoms with van der Waals surface area (Å²) in [7, 11) is 1.22. The molecule has 0 atom stereocenters. The predicted molar refractivity (Wildman–Crippen MR) is 97.6 cm³/mol. The van der Waals surface area contributed by atoms with Crippen LogP contribution in [0.3, 0.4) is 0 Å². The fraction of sp³-hybridized carbons (Fsp3) is 0.100. The van der Waals surface area contributed by atoms with Gasteiger partial charge in [-0.05, 0) is 41.8 Å². The molecule has 2 aromatic carbocycles. The summed E-state index contributed by atoms with van der Waals surface area (Å²) in [5.74, 6) is -1.12. The molecular formula is C20H14F3NO4. The average molecular weight is 389 g/mol. The molecule has 5 nitrogen and oxygen atoms in total. The highest BCUT2D eigenvalue weighted by molar-refractivity contribution is 6.08. The number of aromatic nitrogens is 1. The molecule has 0 fully saturated rings. The first kappa shape index (κ1) is 19.2. The summed E-state index contributed by atoms with van der Waals surface area (Å²) >= 11 is 0. The van der Waals surface area contributed by atoms with E-state index < -0.39 is 17.9 Å². The van der Waals surface area contributed by atoms with Crippen molar-refractivity contribution in [3.8, 4) is 11.5 Å². The van der Waals surface area contributed by atoms with Crippen molar-refractivity contribution in [1.82, 2.24) is 4.98 Å². The van der Waals surface area contributed by atoms with Gasteiger partial charge in [0.1, 0.15) is 11.5 Å². The van der Waals surface area contributed by atoms with Gasteiger partial charge in [-0.15, -0.1) is 13.2 Å². The Kier molecular flexibility index (Phi) is 5.21. The van der Waals surface area contributed by atoms with E-state index in [1.807, 2.05) is 12.1 Å². The van der Waals surface area contributed by atoms with Crippen LogP contribution in [0.4, 0.5) is 13.2 Å². The molecule has 1 aromatic heterocycles. The van der Waals surface area contributed by atoms with Gasteiger partial charge in [0.25, 0.3) is 5.56 Å². The molecule has 144 valence electrons. The van der Waals surface area contributed by atoms with Gasteiger partial charge in [0, 0.05) is 17.1 Å². The molecule has 0 amide bonds. The summed E-state index contributed by atoms with van der Waals surface area (Å²) < 4.78 is 45.8. The highest BCUT2D eigenvalue weighted by Crippen LogP contribution is 2.29. The van der Waals surface area contributed by atoms with Crippen molar-refractivity contribution in [1.29, 1.82) is 0 Å². The summed E-state index contributed by atoms with van der Waals surface area (Å²) in [5, 5.41) is 0.792. The number of para-hydroxylation sites is 1. The number of H-pyrrole nitrogens is 1. The number of nitrogens with one attached hydrogen (secondary N) is 1. The number of fused-ring (bicyclic) bond motifs is 1. The van der Waals surface area contributed by atoms with Crippen LogP contribution < -0.4 is 15.0 Å². The topological polar surface area (TPSA) is 68.4 Å². The molecule has 1 heterocycles. The Labute approximate surface area is 157 Å². The second kappa shape index (κ2) is 7.59. The van der Waals surface area contributed by atoms with Crippen LogP contribution in [0.25, 0.3) is 17.0 Å². The standard InChI is InChI=1S/C20H14F3NO4/c1-27-18-11-14(28-20(21,22)23)7-8-15(18)17(25)9-6-13-10-12-4-2-3-5-16(12)24-19(13)26/h2-11H,1H3,(H,24,26)/b9-6+. The molecule has 3 aromatic rings.